The summed E-state index contributed by atoms with van der Waals surface area (Å²) in [6, 6.07) is 16.7. The van der Waals surface area contributed by atoms with Gasteiger partial charge in [0.1, 0.15) is 12.4 Å². The molecule has 0 aliphatic carbocycles. The summed E-state index contributed by atoms with van der Waals surface area (Å²) in [7, 11) is 0. The lowest BCUT2D eigenvalue weighted by Gasteiger charge is -2.08. The standard InChI is InChI=1S/C18H17NO4/c1-13(18(21)22)11-17(20)19-15-7-9-16(10-8-15)23-12-14-5-3-2-4-6-14/h2-11H,12H2,1H3,(H,19,20)(H,21,22)/b13-11+. The van der Waals surface area contributed by atoms with Crippen molar-refractivity contribution in [3.63, 3.8) is 0 Å². The number of anilines is 1. The van der Waals surface area contributed by atoms with Crippen LogP contribution in [0.3, 0.4) is 0 Å². The van der Waals surface area contributed by atoms with Crippen molar-refractivity contribution < 1.29 is 19.4 Å². The molecule has 0 bridgehead atoms. The highest BCUT2D eigenvalue weighted by atomic mass is 16.5. The second-order valence-corrected chi connectivity index (χ2v) is 4.92. The average Bonchev–Trinajstić information content (AvgIpc) is 2.55. The second kappa shape index (κ2) is 7.79. The van der Waals surface area contributed by atoms with E-state index in [1.54, 1.807) is 24.3 Å². The number of nitrogens with one attached hydrogen (secondary N) is 1. The maximum Gasteiger partial charge on any atom is 0.331 e. The summed E-state index contributed by atoms with van der Waals surface area (Å²) in [5.41, 5.74) is 1.61. The SMILES string of the molecule is C/C(=C\C(=O)Nc1ccc(OCc2ccccc2)cc1)C(=O)O. The Bertz CT molecular complexity index is 706. The van der Waals surface area contributed by atoms with Crippen molar-refractivity contribution >= 4 is 17.6 Å². The minimum atomic E-state index is -1.12. The summed E-state index contributed by atoms with van der Waals surface area (Å²) in [4.78, 5) is 22.3. The first-order chi connectivity index (χ1) is 11.0. The second-order valence-electron chi connectivity index (χ2n) is 4.92. The summed E-state index contributed by atoms with van der Waals surface area (Å²) in [6.45, 7) is 1.83. The van der Waals surface area contributed by atoms with Crippen molar-refractivity contribution in [2.75, 3.05) is 5.32 Å². The van der Waals surface area contributed by atoms with E-state index < -0.39 is 11.9 Å². The van der Waals surface area contributed by atoms with Crippen LogP contribution in [0.25, 0.3) is 0 Å². The normalized spacial score (nSPS) is 10.9. The number of hydrogen-bond donors (Lipinski definition) is 2. The topological polar surface area (TPSA) is 75.6 Å². The molecule has 23 heavy (non-hydrogen) atoms. The van der Waals surface area contributed by atoms with Crippen molar-refractivity contribution in [1.82, 2.24) is 0 Å². The summed E-state index contributed by atoms with van der Waals surface area (Å²) in [5.74, 6) is -0.920. The molecule has 118 valence electrons. The number of ether oxygens (including phenoxy) is 1. The van der Waals surface area contributed by atoms with Gasteiger partial charge in [0.15, 0.2) is 0 Å². The molecule has 2 N–H and O–H groups in total. The highest BCUT2D eigenvalue weighted by Gasteiger charge is 2.05. The van der Waals surface area contributed by atoms with Crippen LogP contribution in [-0.2, 0) is 16.2 Å². The minimum absolute atomic E-state index is 0.0229. The van der Waals surface area contributed by atoms with Gasteiger partial charge in [-0.15, -0.1) is 0 Å². The number of hydrogen-bond acceptors (Lipinski definition) is 3. The fourth-order valence-corrected chi connectivity index (χ4v) is 1.81. The molecule has 0 atom stereocenters. The zero-order valence-corrected chi connectivity index (χ0v) is 12.7. The van der Waals surface area contributed by atoms with Gasteiger partial charge in [-0.25, -0.2) is 4.79 Å². The third kappa shape index (κ3) is 5.32. The predicted molar refractivity (Wildman–Crippen MR) is 87.2 cm³/mol. The third-order valence-corrected chi connectivity index (χ3v) is 3.06. The number of carboxylic acid groups (broad SMARTS) is 1. The summed E-state index contributed by atoms with van der Waals surface area (Å²) in [6.07, 6.45) is 1.04. The predicted octanol–water partition coefficient (Wildman–Crippen LogP) is 3.24. The first-order valence-electron chi connectivity index (χ1n) is 7.04. The Morgan fingerprint density at radius 1 is 1.09 bits per heavy atom. The molecule has 2 rings (SSSR count). The molecule has 0 fully saturated rings. The average molecular weight is 311 g/mol. The largest absolute Gasteiger partial charge is 0.489 e. The van der Waals surface area contributed by atoms with Gasteiger partial charge in [-0.2, -0.15) is 0 Å². The van der Waals surface area contributed by atoms with Gasteiger partial charge in [-0.05, 0) is 36.8 Å². The molecule has 1 amide bonds. The van der Waals surface area contributed by atoms with Crippen LogP contribution >= 0.6 is 0 Å². The van der Waals surface area contributed by atoms with Crippen molar-refractivity contribution in [3.05, 3.63) is 71.8 Å². The first kappa shape index (κ1) is 16.3. The first-order valence-corrected chi connectivity index (χ1v) is 7.04. The number of amides is 1. The molecule has 0 aromatic heterocycles. The molecule has 5 heteroatoms. The fraction of sp³-hybridized carbons (Fsp3) is 0.111. The van der Waals surface area contributed by atoms with Crippen LogP contribution in [0, 0.1) is 0 Å². The third-order valence-electron chi connectivity index (χ3n) is 3.06. The van der Waals surface area contributed by atoms with E-state index in [0.717, 1.165) is 11.6 Å². The smallest absolute Gasteiger partial charge is 0.331 e. The van der Waals surface area contributed by atoms with Crippen molar-refractivity contribution in [3.8, 4) is 5.75 Å². The highest BCUT2D eigenvalue weighted by molar-refractivity contribution is 6.04. The number of benzene rings is 2. The van der Waals surface area contributed by atoms with E-state index in [0.29, 0.717) is 18.0 Å². The number of rotatable bonds is 6. The maximum absolute atomic E-state index is 11.6. The Morgan fingerprint density at radius 3 is 2.35 bits per heavy atom. The van der Waals surface area contributed by atoms with Crippen LogP contribution in [0.4, 0.5) is 5.69 Å². The van der Waals surface area contributed by atoms with Crippen molar-refractivity contribution in [1.29, 1.82) is 0 Å². The number of carboxylic acids is 1. The molecule has 0 radical (unpaired) electrons. The lowest BCUT2D eigenvalue weighted by atomic mass is 10.2. The Labute approximate surface area is 134 Å². The van der Waals surface area contributed by atoms with E-state index in [1.165, 1.54) is 6.92 Å². The molecular weight excluding hydrogens is 294 g/mol. The number of aliphatic carboxylic acids is 1. The lowest BCUT2D eigenvalue weighted by molar-refractivity contribution is -0.132. The van der Waals surface area contributed by atoms with Gasteiger partial charge in [0, 0.05) is 17.3 Å². The van der Waals surface area contributed by atoms with E-state index in [-0.39, 0.29) is 5.57 Å². The van der Waals surface area contributed by atoms with Crippen LogP contribution in [0.2, 0.25) is 0 Å². The number of carbonyl (C=O) groups excluding carboxylic acids is 1. The fourth-order valence-electron chi connectivity index (χ4n) is 1.81. The molecule has 2 aromatic rings. The molecule has 0 aliphatic heterocycles. The van der Waals surface area contributed by atoms with Gasteiger partial charge in [-0.3, -0.25) is 4.79 Å². The summed E-state index contributed by atoms with van der Waals surface area (Å²) >= 11 is 0. The molecule has 0 saturated carbocycles. The zero-order valence-electron chi connectivity index (χ0n) is 12.7. The van der Waals surface area contributed by atoms with Crippen molar-refractivity contribution in [2.45, 2.75) is 13.5 Å². The maximum atomic E-state index is 11.6. The van der Waals surface area contributed by atoms with Crippen LogP contribution in [-0.4, -0.2) is 17.0 Å². The highest BCUT2D eigenvalue weighted by Crippen LogP contribution is 2.17. The van der Waals surface area contributed by atoms with Crippen LogP contribution in [0.15, 0.2) is 66.2 Å². The molecular formula is C18H17NO4. The quantitative estimate of drug-likeness (QED) is 0.803. The van der Waals surface area contributed by atoms with Gasteiger partial charge in [-0.1, -0.05) is 30.3 Å². The van der Waals surface area contributed by atoms with Crippen molar-refractivity contribution in [2.24, 2.45) is 0 Å². The van der Waals surface area contributed by atoms with Gasteiger partial charge < -0.3 is 15.2 Å². The van der Waals surface area contributed by atoms with E-state index in [9.17, 15) is 9.59 Å². The zero-order chi connectivity index (χ0) is 16.7. The van der Waals surface area contributed by atoms with Gasteiger partial charge in [0.2, 0.25) is 5.91 Å². The number of carbonyl (C=O) groups is 2. The Hall–Kier alpha value is -3.08. The monoisotopic (exact) mass is 311 g/mol. The van der Waals surface area contributed by atoms with E-state index in [4.69, 9.17) is 9.84 Å². The Balaban J connectivity index is 1.90. The molecule has 0 aliphatic rings. The Kier molecular flexibility index (Phi) is 5.52. The molecule has 0 heterocycles. The molecule has 0 saturated heterocycles. The van der Waals surface area contributed by atoms with Crippen LogP contribution < -0.4 is 10.1 Å². The Morgan fingerprint density at radius 2 is 1.74 bits per heavy atom. The van der Waals surface area contributed by atoms with Gasteiger partial charge >= 0.3 is 5.97 Å². The van der Waals surface area contributed by atoms with Gasteiger partial charge in [0.25, 0.3) is 0 Å². The summed E-state index contributed by atoms with van der Waals surface area (Å²) in [5, 5.41) is 11.3. The van der Waals surface area contributed by atoms with E-state index in [2.05, 4.69) is 5.32 Å². The van der Waals surface area contributed by atoms with E-state index >= 15 is 0 Å². The molecule has 0 spiro atoms. The van der Waals surface area contributed by atoms with Gasteiger partial charge in [0.05, 0.1) is 0 Å². The molecule has 0 unspecified atom stereocenters. The lowest BCUT2D eigenvalue weighted by Crippen LogP contribution is -2.10. The van der Waals surface area contributed by atoms with Crippen LogP contribution in [0.1, 0.15) is 12.5 Å². The molecule has 5 nitrogen and oxygen atoms in total. The molecule has 2 aromatic carbocycles. The van der Waals surface area contributed by atoms with E-state index in [1.807, 2.05) is 30.3 Å². The van der Waals surface area contributed by atoms with Crippen LogP contribution in [0.5, 0.6) is 5.75 Å². The minimum Gasteiger partial charge on any atom is -0.489 e. The summed E-state index contributed by atoms with van der Waals surface area (Å²) < 4.78 is 5.65.